The highest BCUT2D eigenvalue weighted by molar-refractivity contribution is 14.0. The predicted octanol–water partition coefficient (Wildman–Crippen LogP) is 3.59. The SMILES string of the molecule is CCC(CC)C1CC(NC(=NC)NCCc2ccco2)CCO1.I. The second-order valence-corrected chi connectivity index (χ2v) is 6.18. The van der Waals surface area contributed by atoms with Crippen molar-refractivity contribution in [1.82, 2.24) is 10.6 Å². The van der Waals surface area contributed by atoms with Gasteiger partial charge in [0.1, 0.15) is 5.76 Å². The van der Waals surface area contributed by atoms with E-state index in [1.165, 1.54) is 12.8 Å². The molecule has 0 aromatic carbocycles. The van der Waals surface area contributed by atoms with Gasteiger partial charge in [-0.15, -0.1) is 24.0 Å². The first-order valence-corrected chi connectivity index (χ1v) is 8.87. The predicted molar refractivity (Wildman–Crippen MR) is 109 cm³/mol. The summed E-state index contributed by atoms with van der Waals surface area (Å²) in [5.74, 6) is 2.52. The molecule has 0 radical (unpaired) electrons. The summed E-state index contributed by atoms with van der Waals surface area (Å²) < 4.78 is 11.3. The van der Waals surface area contributed by atoms with Gasteiger partial charge < -0.3 is 19.8 Å². The summed E-state index contributed by atoms with van der Waals surface area (Å²) in [7, 11) is 1.82. The van der Waals surface area contributed by atoms with Crippen molar-refractivity contribution in [3.8, 4) is 0 Å². The number of nitrogens with one attached hydrogen (secondary N) is 2. The molecule has 0 saturated carbocycles. The van der Waals surface area contributed by atoms with Crippen LogP contribution in [0.25, 0.3) is 0 Å². The molecule has 2 unspecified atom stereocenters. The molecule has 0 bridgehead atoms. The molecule has 1 aliphatic rings. The Morgan fingerprint density at radius 3 is 2.79 bits per heavy atom. The summed E-state index contributed by atoms with van der Waals surface area (Å²) in [6.45, 7) is 6.15. The molecule has 1 saturated heterocycles. The highest BCUT2D eigenvalue weighted by atomic mass is 127. The number of aliphatic imine (C=N–C) groups is 1. The van der Waals surface area contributed by atoms with E-state index in [2.05, 4.69) is 29.5 Å². The molecule has 2 N–H and O–H groups in total. The fourth-order valence-corrected chi connectivity index (χ4v) is 3.25. The van der Waals surface area contributed by atoms with Crippen LogP contribution >= 0.6 is 24.0 Å². The number of ether oxygens (including phenoxy) is 1. The molecule has 1 fully saturated rings. The van der Waals surface area contributed by atoms with Crippen LogP contribution in [0.3, 0.4) is 0 Å². The molecule has 0 spiro atoms. The number of hydrogen-bond donors (Lipinski definition) is 2. The van der Waals surface area contributed by atoms with Gasteiger partial charge in [-0.3, -0.25) is 4.99 Å². The molecule has 0 aliphatic carbocycles. The Morgan fingerprint density at radius 2 is 2.17 bits per heavy atom. The molecule has 1 aliphatic heterocycles. The van der Waals surface area contributed by atoms with Crippen molar-refractivity contribution in [3.63, 3.8) is 0 Å². The van der Waals surface area contributed by atoms with Crippen LogP contribution < -0.4 is 10.6 Å². The Morgan fingerprint density at radius 1 is 1.38 bits per heavy atom. The second-order valence-electron chi connectivity index (χ2n) is 6.18. The minimum Gasteiger partial charge on any atom is -0.469 e. The van der Waals surface area contributed by atoms with Crippen LogP contribution in [0.15, 0.2) is 27.8 Å². The van der Waals surface area contributed by atoms with Crippen LogP contribution in [0, 0.1) is 5.92 Å². The quantitative estimate of drug-likeness (QED) is 0.380. The lowest BCUT2D eigenvalue weighted by atomic mass is 9.89. The highest BCUT2D eigenvalue weighted by Gasteiger charge is 2.27. The van der Waals surface area contributed by atoms with Gasteiger partial charge in [0.2, 0.25) is 0 Å². The number of halogens is 1. The van der Waals surface area contributed by atoms with Crippen LogP contribution in [0.1, 0.15) is 45.3 Å². The topological polar surface area (TPSA) is 58.8 Å². The van der Waals surface area contributed by atoms with E-state index in [4.69, 9.17) is 9.15 Å². The zero-order valence-electron chi connectivity index (χ0n) is 15.1. The first-order valence-electron chi connectivity index (χ1n) is 8.87. The van der Waals surface area contributed by atoms with Crippen molar-refractivity contribution < 1.29 is 9.15 Å². The molecule has 5 nitrogen and oxygen atoms in total. The molecular weight excluding hydrogens is 417 g/mol. The van der Waals surface area contributed by atoms with Crippen molar-refractivity contribution in [2.45, 2.75) is 58.1 Å². The molecule has 1 aromatic rings. The van der Waals surface area contributed by atoms with Gasteiger partial charge in [-0.25, -0.2) is 0 Å². The smallest absolute Gasteiger partial charge is 0.191 e. The lowest BCUT2D eigenvalue weighted by molar-refractivity contribution is -0.0324. The Kier molecular flexibility index (Phi) is 10.4. The molecule has 2 heterocycles. The van der Waals surface area contributed by atoms with Gasteiger partial charge in [-0.05, 0) is 30.9 Å². The monoisotopic (exact) mass is 449 g/mol. The van der Waals surface area contributed by atoms with Gasteiger partial charge in [0.05, 0.1) is 12.4 Å². The third-order valence-electron chi connectivity index (χ3n) is 4.70. The Hall–Kier alpha value is -0.760. The molecule has 2 rings (SSSR count). The number of guanidine groups is 1. The van der Waals surface area contributed by atoms with E-state index < -0.39 is 0 Å². The Balaban J connectivity index is 0.00000288. The molecule has 6 heteroatoms. The normalized spacial score (nSPS) is 21.4. The summed E-state index contributed by atoms with van der Waals surface area (Å²) in [4.78, 5) is 4.33. The average Bonchev–Trinajstić information content (AvgIpc) is 3.09. The van der Waals surface area contributed by atoms with E-state index in [0.29, 0.717) is 18.1 Å². The largest absolute Gasteiger partial charge is 0.469 e. The minimum absolute atomic E-state index is 0. The number of nitrogens with zero attached hydrogens (tertiary/aromatic N) is 1. The molecule has 2 atom stereocenters. The van der Waals surface area contributed by atoms with E-state index in [-0.39, 0.29) is 24.0 Å². The summed E-state index contributed by atoms with van der Waals surface area (Å²) in [6, 6.07) is 4.35. The fourth-order valence-electron chi connectivity index (χ4n) is 3.25. The summed E-state index contributed by atoms with van der Waals surface area (Å²) in [6.07, 6.45) is 7.41. The van der Waals surface area contributed by atoms with Crippen molar-refractivity contribution in [2.75, 3.05) is 20.2 Å². The zero-order chi connectivity index (χ0) is 16.5. The van der Waals surface area contributed by atoms with E-state index in [9.17, 15) is 0 Å². The van der Waals surface area contributed by atoms with Crippen LogP contribution in [0.2, 0.25) is 0 Å². The first kappa shape index (κ1) is 21.3. The molecule has 24 heavy (non-hydrogen) atoms. The molecule has 138 valence electrons. The van der Waals surface area contributed by atoms with Gasteiger partial charge in [0, 0.05) is 32.7 Å². The number of hydrogen-bond acceptors (Lipinski definition) is 3. The second kappa shape index (κ2) is 11.7. The summed E-state index contributed by atoms with van der Waals surface area (Å²) in [5, 5.41) is 6.91. The maximum Gasteiger partial charge on any atom is 0.191 e. The first-order chi connectivity index (χ1) is 11.3. The highest BCUT2D eigenvalue weighted by Crippen LogP contribution is 2.25. The van der Waals surface area contributed by atoms with Gasteiger partial charge in [-0.2, -0.15) is 0 Å². The van der Waals surface area contributed by atoms with Gasteiger partial charge in [0.25, 0.3) is 0 Å². The summed E-state index contributed by atoms with van der Waals surface area (Å²) in [5.41, 5.74) is 0. The van der Waals surface area contributed by atoms with Crippen molar-refractivity contribution in [2.24, 2.45) is 10.9 Å². The molecule has 0 amide bonds. The van der Waals surface area contributed by atoms with Gasteiger partial charge >= 0.3 is 0 Å². The van der Waals surface area contributed by atoms with Crippen LogP contribution in [0.5, 0.6) is 0 Å². The maximum atomic E-state index is 5.98. The van der Waals surface area contributed by atoms with Crippen LogP contribution in [-0.4, -0.2) is 38.3 Å². The Bertz CT molecular complexity index is 461. The standard InChI is InChI=1S/C18H31N3O2.HI/c1-4-14(5-2)17-13-15(9-12-23-17)21-18(19-3)20-10-8-16-7-6-11-22-16;/h6-7,11,14-15,17H,4-5,8-10,12-13H2,1-3H3,(H2,19,20,21);1H. The fraction of sp³-hybridized carbons (Fsp3) is 0.722. The van der Waals surface area contributed by atoms with Crippen molar-refractivity contribution >= 4 is 29.9 Å². The lowest BCUT2D eigenvalue weighted by Crippen LogP contribution is -2.48. The van der Waals surface area contributed by atoms with E-state index in [0.717, 1.165) is 44.1 Å². The van der Waals surface area contributed by atoms with Crippen LogP contribution in [0.4, 0.5) is 0 Å². The minimum atomic E-state index is 0. The molecular formula is C18H32IN3O2. The van der Waals surface area contributed by atoms with Gasteiger partial charge in [0.15, 0.2) is 5.96 Å². The molecule has 1 aromatic heterocycles. The van der Waals surface area contributed by atoms with E-state index >= 15 is 0 Å². The zero-order valence-corrected chi connectivity index (χ0v) is 17.4. The third kappa shape index (κ3) is 6.63. The Labute approximate surface area is 163 Å². The number of rotatable bonds is 7. The van der Waals surface area contributed by atoms with Crippen molar-refractivity contribution in [1.29, 1.82) is 0 Å². The van der Waals surface area contributed by atoms with Gasteiger partial charge in [-0.1, -0.05) is 26.7 Å². The van der Waals surface area contributed by atoms with E-state index in [1.807, 2.05) is 19.2 Å². The third-order valence-corrected chi connectivity index (χ3v) is 4.70. The van der Waals surface area contributed by atoms with Crippen LogP contribution in [-0.2, 0) is 11.2 Å². The lowest BCUT2D eigenvalue weighted by Gasteiger charge is -2.35. The maximum absolute atomic E-state index is 5.98. The van der Waals surface area contributed by atoms with Crippen molar-refractivity contribution in [3.05, 3.63) is 24.2 Å². The average molecular weight is 449 g/mol. The summed E-state index contributed by atoms with van der Waals surface area (Å²) >= 11 is 0. The number of furan rings is 1. The van der Waals surface area contributed by atoms with E-state index in [1.54, 1.807) is 6.26 Å².